The van der Waals surface area contributed by atoms with E-state index in [0.29, 0.717) is 0 Å². The second-order valence-electron chi connectivity index (χ2n) is 5.41. The molecule has 2 aliphatic rings. The second kappa shape index (κ2) is 7.45. The fourth-order valence-corrected chi connectivity index (χ4v) is 2.48. The van der Waals surface area contributed by atoms with Gasteiger partial charge in [0.1, 0.15) is 36.6 Å². The lowest BCUT2D eigenvalue weighted by Crippen LogP contribution is -2.60. The van der Waals surface area contributed by atoms with Crippen LogP contribution in [-0.4, -0.2) is 104 Å². The van der Waals surface area contributed by atoms with E-state index in [9.17, 15) is 25.5 Å². The Bertz CT molecular complexity index is 353. The van der Waals surface area contributed by atoms with Gasteiger partial charge in [0.25, 0.3) is 0 Å². The van der Waals surface area contributed by atoms with Crippen LogP contribution in [0.1, 0.15) is 6.42 Å². The third kappa shape index (κ3) is 3.57. The maximum absolute atomic E-state index is 9.83. The summed E-state index contributed by atoms with van der Waals surface area (Å²) in [7, 11) is 0. The fourth-order valence-electron chi connectivity index (χ4n) is 2.48. The van der Waals surface area contributed by atoms with Gasteiger partial charge in [-0.2, -0.15) is 0 Å². The summed E-state index contributed by atoms with van der Waals surface area (Å²) in [5, 5.41) is 66.6. The lowest BCUT2D eigenvalue weighted by Gasteiger charge is -2.43. The summed E-state index contributed by atoms with van der Waals surface area (Å²) < 4.78 is 15.7. The highest BCUT2D eigenvalue weighted by Crippen LogP contribution is 2.27. The number of rotatable bonds is 4. The molecular formula is C12H22O10. The number of ether oxygens (including phenoxy) is 3. The van der Waals surface area contributed by atoms with Crippen molar-refractivity contribution in [2.45, 2.75) is 61.7 Å². The van der Waals surface area contributed by atoms with Crippen LogP contribution in [-0.2, 0) is 14.2 Å². The lowest BCUT2D eigenvalue weighted by atomic mass is 9.99. The zero-order chi connectivity index (χ0) is 16.4. The first-order chi connectivity index (χ1) is 10.4. The van der Waals surface area contributed by atoms with Gasteiger partial charge in [0.2, 0.25) is 0 Å². The fraction of sp³-hybridized carbons (Fsp3) is 1.00. The molecule has 2 saturated heterocycles. The van der Waals surface area contributed by atoms with Crippen LogP contribution in [0.25, 0.3) is 0 Å². The second-order valence-corrected chi connectivity index (χ2v) is 5.41. The van der Waals surface area contributed by atoms with Crippen molar-refractivity contribution < 1.29 is 50.0 Å². The number of aliphatic hydroxyl groups excluding tert-OH is 7. The van der Waals surface area contributed by atoms with E-state index in [0.717, 1.165) is 0 Å². The third-order valence-electron chi connectivity index (χ3n) is 3.85. The van der Waals surface area contributed by atoms with Gasteiger partial charge in [0.15, 0.2) is 12.6 Å². The molecule has 2 fully saturated rings. The number of hydrogen-bond acceptors (Lipinski definition) is 10. The van der Waals surface area contributed by atoms with Crippen LogP contribution in [0.4, 0.5) is 0 Å². The van der Waals surface area contributed by atoms with Crippen molar-refractivity contribution in [2.75, 3.05) is 13.2 Å². The SMILES string of the molecule is OC[C@H]1O[C@H](O[C@@H]2C[C@@H](O)[C@H](O)[C@@H](CO)O2)[C@@H](O)[C@@H](O)[C@@H]1O. The van der Waals surface area contributed by atoms with E-state index >= 15 is 0 Å². The van der Waals surface area contributed by atoms with Gasteiger partial charge in [-0.3, -0.25) is 0 Å². The zero-order valence-corrected chi connectivity index (χ0v) is 11.7. The van der Waals surface area contributed by atoms with Crippen LogP contribution in [0, 0.1) is 0 Å². The Labute approximate surface area is 126 Å². The molecule has 0 saturated carbocycles. The van der Waals surface area contributed by atoms with Crippen molar-refractivity contribution in [3.8, 4) is 0 Å². The molecule has 0 spiro atoms. The summed E-state index contributed by atoms with van der Waals surface area (Å²) in [6.07, 6.45) is -12.1. The molecule has 22 heavy (non-hydrogen) atoms. The molecule has 130 valence electrons. The molecule has 0 radical (unpaired) electrons. The summed E-state index contributed by atoms with van der Waals surface area (Å²) in [5.41, 5.74) is 0. The quantitative estimate of drug-likeness (QED) is 0.268. The standard InChI is InChI=1S/C12H22O10/c13-2-5-8(16)4(15)1-7(20-5)22-12-11(19)10(18)9(17)6(3-14)21-12/h4-19H,1-3H2/t4-,5-,6-,7-,8+,9-,10+,11+,12-/m1/s1. The molecule has 0 aromatic rings. The summed E-state index contributed by atoms with van der Waals surface area (Å²) >= 11 is 0. The highest BCUT2D eigenvalue weighted by atomic mass is 16.8. The first kappa shape index (κ1) is 17.9. The van der Waals surface area contributed by atoms with E-state index in [-0.39, 0.29) is 6.42 Å². The summed E-state index contributed by atoms with van der Waals surface area (Å²) in [5.74, 6) is 0. The predicted molar refractivity (Wildman–Crippen MR) is 67.2 cm³/mol. The van der Waals surface area contributed by atoms with Crippen molar-refractivity contribution in [2.24, 2.45) is 0 Å². The average molecular weight is 326 g/mol. The van der Waals surface area contributed by atoms with Crippen LogP contribution in [0.15, 0.2) is 0 Å². The first-order valence-electron chi connectivity index (χ1n) is 6.97. The maximum Gasteiger partial charge on any atom is 0.189 e. The zero-order valence-electron chi connectivity index (χ0n) is 11.7. The van der Waals surface area contributed by atoms with Crippen LogP contribution in [0.3, 0.4) is 0 Å². The van der Waals surface area contributed by atoms with Crippen molar-refractivity contribution in [3.63, 3.8) is 0 Å². The van der Waals surface area contributed by atoms with Crippen molar-refractivity contribution in [1.29, 1.82) is 0 Å². The van der Waals surface area contributed by atoms with Gasteiger partial charge in [-0.25, -0.2) is 0 Å². The van der Waals surface area contributed by atoms with E-state index in [1.54, 1.807) is 0 Å². The molecule has 0 unspecified atom stereocenters. The summed E-state index contributed by atoms with van der Waals surface area (Å²) in [6, 6.07) is 0. The van der Waals surface area contributed by atoms with Gasteiger partial charge >= 0.3 is 0 Å². The molecule has 2 heterocycles. The van der Waals surface area contributed by atoms with Gasteiger partial charge in [-0.1, -0.05) is 0 Å². The van der Waals surface area contributed by atoms with Gasteiger partial charge in [0.05, 0.1) is 19.3 Å². The van der Waals surface area contributed by atoms with Crippen LogP contribution in [0.2, 0.25) is 0 Å². The van der Waals surface area contributed by atoms with Crippen molar-refractivity contribution in [1.82, 2.24) is 0 Å². The molecule has 7 N–H and O–H groups in total. The van der Waals surface area contributed by atoms with Gasteiger partial charge < -0.3 is 50.0 Å². The number of hydrogen-bond donors (Lipinski definition) is 7. The van der Waals surface area contributed by atoms with Crippen LogP contribution < -0.4 is 0 Å². The summed E-state index contributed by atoms with van der Waals surface area (Å²) in [4.78, 5) is 0. The van der Waals surface area contributed by atoms with E-state index in [1.165, 1.54) is 0 Å². The molecule has 10 heteroatoms. The minimum absolute atomic E-state index is 0.146. The Morgan fingerprint density at radius 3 is 1.95 bits per heavy atom. The lowest BCUT2D eigenvalue weighted by molar-refractivity contribution is -0.358. The Hall–Kier alpha value is -0.400. The molecule has 0 aliphatic carbocycles. The van der Waals surface area contributed by atoms with E-state index in [1.807, 2.05) is 0 Å². The Morgan fingerprint density at radius 2 is 1.36 bits per heavy atom. The van der Waals surface area contributed by atoms with E-state index in [2.05, 4.69) is 0 Å². The van der Waals surface area contributed by atoms with Crippen molar-refractivity contribution >= 4 is 0 Å². The predicted octanol–water partition coefficient (Wildman–Crippen LogP) is -4.37. The Morgan fingerprint density at radius 1 is 0.773 bits per heavy atom. The van der Waals surface area contributed by atoms with Crippen LogP contribution in [0.5, 0.6) is 0 Å². The molecule has 10 nitrogen and oxygen atoms in total. The topological polar surface area (TPSA) is 169 Å². The molecule has 0 aromatic carbocycles. The molecule has 2 rings (SSSR count). The molecule has 0 bridgehead atoms. The molecule has 2 aliphatic heterocycles. The van der Waals surface area contributed by atoms with E-state index < -0.39 is 68.5 Å². The largest absolute Gasteiger partial charge is 0.394 e. The smallest absolute Gasteiger partial charge is 0.189 e. The first-order valence-corrected chi connectivity index (χ1v) is 6.97. The molecule has 0 amide bonds. The van der Waals surface area contributed by atoms with Crippen molar-refractivity contribution in [3.05, 3.63) is 0 Å². The van der Waals surface area contributed by atoms with Gasteiger partial charge in [-0.05, 0) is 0 Å². The Kier molecular flexibility index (Phi) is 6.07. The minimum atomic E-state index is -1.60. The van der Waals surface area contributed by atoms with E-state index in [4.69, 9.17) is 24.4 Å². The van der Waals surface area contributed by atoms with Gasteiger partial charge in [0, 0.05) is 6.42 Å². The Balaban J connectivity index is 2.00. The highest BCUT2D eigenvalue weighted by molar-refractivity contribution is 4.90. The third-order valence-corrected chi connectivity index (χ3v) is 3.85. The normalized spacial score (nSPS) is 50.0. The molecular weight excluding hydrogens is 304 g/mol. The monoisotopic (exact) mass is 326 g/mol. The number of aliphatic hydroxyl groups is 7. The summed E-state index contributed by atoms with van der Waals surface area (Å²) in [6.45, 7) is -1.15. The maximum atomic E-state index is 9.83. The van der Waals surface area contributed by atoms with Crippen LogP contribution >= 0.6 is 0 Å². The minimum Gasteiger partial charge on any atom is -0.394 e. The highest BCUT2D eigenvalue weighted by Gasteiger charge is 2.46. The molecule has 9 atom stereocenters. The molecule has 0 aromatic heterocycles. The average Bonchev–Trinajstić information content (AvgIpc) is 2.51. The van der Waals surface area contributed by atoms with Gasteiger partial charge in [-0.15, -0.1) is 0 Å².